The van der Waals surface area contributed by atoms with Gasteiger partial charge in [-0.2, -0.15) is 0 Å². The number of rotatable bonds is 4. The maximum Gasteiger partial charge on any atom is 0.122 e. The summed E-state index contributed by atoms with van der Waals surface area (Å²) in [4.78, 5) is 0. The summed E-state index contributed by atoms with van der Waals surface area (Å²) in [6.45, 7) is 6.35. The predicted molar refractivity (Wildman–Crippen MR) is 77.7 cm³/mol. The van der Waals surface area contributed by atoms with Crippen LogP contribution in [0, 0.1) is 13.8 Å². The number of ether oxygens (including phenoxy) is 1. The summed E-state index contributed by atoms with van der Waals surface area (Å²) in [6, 6.07) is 4.76. The summed E-state index contributed by atoms with van der Waals surface area (Å²) in [5.41, 5.74) is 3.68. The van der Waals surface area contributed by atoms with E-state index in [4.69, 9.17) is 4.74 Å². The number of hydrogen-bond acceptors (Lipinski definition) is 3. The van der Waals surface area contributed by atoms with Gasteiger partial charge >= 0.3 is 0 Å². The van der Waals surface area contributed by atoms with Crippen molar-refractivity contribution in [3.8, 4) is 5.75 Å². The highest BCUT2D eigenvalue weighted by Crippen LogP contribution is 2.28. The van der Waals surface area contributed by atoms with Crippen molar-refractivity contribution in [3.05, 3.63) is 28.8 Å². The van der Waals surface area contributed by atoms with Crippen LogP contribution in [0.25, 0.3) is 0 Å². The van der Waals surface area contributed by atoms with Gasteiger partial charge < -0.3 is 15.2 Å². The van der Waals surface area contributed by atoms with Crippen LogP contribution in [0.1, 0.15) is 48.9 Å². The number of benzene rings is 1. The highest BCUT2D eigenvalue weighted by molar-refractivity contribution is 5.42. The van der Waals surface area contributed by atoms with E-state index < -0.39 is 0 Å². The Morgan fingerprint density at radius 3 is 2.58 bits per heavy atom. The number of aliphatic hydroxyl groups excluding tert-OH is 1. The summed E-state index contributed by atoms with van der Waals surface area (Å²) < 4.78 is 5.35. The average Bonchev–Trinajstić information content (AvgIpc) is 2.77. The molecule has 1 aromatic carbocycles. The van der Waals surface area contributed by atoms with Crippen LogP contribution in [0.4, 0.5) is 0 Å². The van der Waals surface area contributed by atoms with E-state index >= 15 is 0 Å². The van der Waals surface area contributed by atoms with Crippen LogP contribution in [-0.2, 0) is 0 Å². The number of nitrogens with one attached hydrogen (secondary N) is 1. The molecule has 2 rings (SSSR count). The molecule has 1 aliphatic carbocycles. The molecule has 0 saturated heterocycles. The van der Waals surface area contributed by atoms with E-state index in [1.165, 1.54) is 11.1 Å². The molecule has 3 atom stereocenters. The van der Waals surface area contributed by atoms with E-state index in [0.717, 1.165) is 30.6 Å². The Labute approximate surface area is 116 Å². The Balaban J connectivity index is 2.14. The lowest BCUT2D eigenvalue weighted by molar-refractivity contribution is 0.144. The summed E-state index contributed by atoms with van der Waals surface area (Å²) in [5, 5.41) is 13.5. The predicted octanol–water partition coefficient (Wildman–Crippen LogP) is 2.88. The minimum absolute atomic E-state index is 0.192. The molecule has 0 bridgehead atoms. The topological polar surface area (TPSA) is 41.5 Å². The van der Waals surface area contributed by atoms with Crippen LogP contribution in [0.5, 0.6) is 5.75 Å². The summed E-state index contributed by atoms with van der Waals surface area (Å²) in [5.74, 6) is 0.939. The molecule has 2 N–H and O–H groups in total. The zero-order valence-corrected chi connectivity index (χ0v) is 12.4. The average molecular weight is 263 g/mol. The van der Waals surface area contributed by atoms with Gasteiger partial charge in [-0.05, 0) is 62.8 Å². The van der Waals surface area contributed by atoms with Crippen LogP contribution < -0.4 is 10.1 Å². The van der Waals surface area contributed by atoms with Crippen molar-refractivity contribution in [2.45, 2.75) is 58.2 Å². The molecule has 0 amide bonds. The van der Waals surface area contributed by atoms with Crippen LogP contribution in [0.15, 0.2) is 12.1 Å². The Morgan fingerprint density at radius 2 is 2.00 bits per heavy atom. The van der Waals surface area contributed by atoms with Crippen molar-refractivity contribution < 1.29 is 9.84 Å². The molecule has 0 aromatic heterocycles. The zero-order valence-electron chi connectivity index (χ0n) is 12.4. The second-order valence-corrected chi connectivity index (χ2v) is 5.67. The van der Waals surface area contributed by atoms with Gasteiger partial charge in [0, 0.05) is 12.1 Å². The van der Waals surface area contributed by atoms with Gasteiger partial charge in [0.25, 0.3) is 0 Å². The first-order chi connectivity index (χ1) is 9.02. The third-order valence-electron chi connectivity index (χ3n) is 4.19. The van der Waals surface area contributed by atoms with Gasteiger partial charge in [-0.3, -0.25) is 0 Å². The Kier molecular flexibility index (Phi) is 4.48. The van der Waals surface area contributed by atoms with Crippen molar-refractivity contribution in [1.82, 2.24) is 5.32 Å². The van der Waals surface area contributed by atoms with E-state index in [-0.39, 0.29) is 18.2 Å². The van der Waals surface area contributed by atoms with Crippen molar-refractivity contribution in [2.24, 2.45) is 0 Å². The zero-order chi connectivity index (χ0) is 14.0. The molecule has 1 aliphatic rings. The fraction of sp³-hybridized carbons (Fsp3) is 0.625. The molecule has 1 aromatic rings. The highest BCUT2D eigenvalue weighted by Gasteiger charge is 2.26. The second-order valence-electron chi connectivity index (χ2n) is 5.67. The second kappa shape index (κ2) is 5.93. The SMILES string of the molecule is COc1cc(C)c(C(C)N[C@@H]2CCC[C@H]2O)cc1C. The van der Waals surface area contributed by atoms with E-state index in [2.05, 4.69) is 38.2 Å². The number of aryl methyl sites for hydroxylation is 2. The summed E-state index contributed by atoms with van der Waals surface area (Å²) in [7, 11) is 1.71. The van der Waals surface area contributed by atoms with Gasteiger partial charge in [0.05, 0.1) is 13.2 Å². The lowest BCUT2D eigenvalue weighted by Gasteiger charge is -2.24. The highest BCUT2D eigenvalue weighted by atomic mass is 16.5. The fourth-order valence-corrected chi connectivity index (χ4v) is 3.04. The third-order valence-corrected chi connectivity index (χ3v) is 4.19. The Morgan fingerprint density at radius 1 is 1.26 bits per heavy atom. The van der Waals surface area contributed by atoms with Crippen molar-refractivity contribution in [3.63, 3.8) is 0 Å². The first kappa shape index (κ1) is 14.4. The normalized spacial score (nSPS) is 24.5. The lowest BCUT2D eigenvalue weighted by Crippen LogP contribution is -2.37. The largest absolute Gasteiger partial charge is 0.496 e. The number of hydrogen-bond donors (Lipinski definition) is 2. The lowest BCUT2D eigenvalue weighted by atomic mass is 9.98. The van der Waals surface area contributed by atoms with Gasteiger partial charge in [-0.15, -0.1) is 0 Å². The van der Waals surface area contributed by atoms with Crippen molar-refractivity contribution >= 4 is 0 Å². The smallest absolute Gasteiger partial charge is 0.122 e. The third kappa shape index (κ3) is 3.10. The fourth-order valence-electron chi connectivity index (χ4n) is 3.04. The quantitative estimate of drug-likeness (QED) is 0.877. The molecular formula is C16H25NO2. The van der Waals surface area contributed by atoms with E-state index in [0.29, 0.717) is 0 Å². The molecule has 1 unspecified atom stereocenters. The molecular weight excluding hydrogens is 238 g/mol. The van der Waals surface area contributed by atoms with Crippen LogP contribution in [0.3, 0.4) is 0 Å². The van der Waals surface area contributed by atoms with E-state index in [1.54, 1.807) is 7.11 Å². The number of methoxy groups -OCH3 is 1. The summed E-state index contributed by atoms with van der Waals surface area (Å²) in [6.07, 6.45) is 2.92. The van der Waals surface area contributed by atoms with Gasteiger partial charge in [0.1, 0.15) is 5.75 Å². The summed E-state index contributed by atoms with van der Waals surface area (Å²) >= 11 is 0. The molecule has 0 aliphatic heterocycles. The molecule has 0 heterocycles. The molecule has 0 spiro atoms. The number of aliphatic hydroxyl groups is 1. The monoisotopic (exact) mass is 263 g/mol. The standard InChI is InChI=1S/C16H25NO2/c1-10-9-16(19-4)11(2)8-13(10)12(3)17-14-6-5-7-15(14)18/h8-9,12,14-15,17-18H,5-7H2,1-4H3/t12?,14-,15-/m1/s1. The maximum absolute atomic E-state index is 9.91. The Hall–Kier alpha value is -1.06. The van der Waals surface area contributed by atoms with Gasteiger partial charge in [0.2, 0.25) is 0 Å². The van der Waals surface area contributed by atoms with Crippen molar-refractivity contribution in [2.75, 3.05) is 7.11 Å². The van der Waals surface area contributed by atoms with Crippen LogP contribution in [0.2, 0.25) is 0 Å². The van der Waals surface area contributed by atoms with Gasteiger partial charge in [-0.1, -0.05) is 6.07 Å². The molecule has 3 nitrogen and oxygen atoms in total. The van der Waals surface area contributed by atoms with Gasteiger partial charge in [-0.25, -0.2) is 0 Å². The molecule has 1 saturated carbocycles. The minimum atomic E-state index is -0.192. The van der Waals surface area contributed by atoms with Crippen molar-refractivity contribution in [1.29, 1.82) is 0 Å². The first-order valence-electron chi connectivity index (χ1n) is 7.12. The molecule has 0 radical (unpaired) electrons. The van der Waals surface area contributed by atoms with E-state index in [9.17, 15) is 5.11 Å². The van der Waals surface area contributed by atoms with E-state index in [1.807, 2.05) is 0 Å². The molecule has 19 heavy (non-hydrogen) atoms. The first-order valence-corrected chi connectivity index (χ1v) is 7.12. The molecule has 1 fully saturated rings. The van der Waals surface area contributed by atoms with Crippen LogP contribution >= 0.6 is 0 Å². The van der Waals surface area contributed by atoms with Gasteiger partial charge in [0.15, 0.2) is 0 Å². The maximum atomic E-state index is 9.91. The van der Waals surface area contributed by atoms with Crippen LogP contribution in [-0.4, -0.2) is 24.4 Å². The minimum Gasteiger partial charge on any atom is -0.496 e. The molecule has 106 valence electrons. The molecule has 3 heteroatoms. The Bertz CT molecular complexity index is 445.